The average molecular weight is 394 g/mol. The Balaban J connectivity index is 2.60. The smallest absolute Gasteiger partial charge is 0.334 e. The Labute approximate surface area is 165 Å². The first-order valence-corrected chi connectivity index (χ1v) is 9.55. The van der Waals surface area contributed by atoms with Gasteiger partial charge in [-0.15, -0.1) is 0 Å². The van der Waals surface area contributed by atoms with Crippen LogP contribution in [0.15, 0.2) is 23.8 Å². The number of allylic oxidation sites excluding steroid dienone is 1. The predicted molar refractivity (Wildman–Crippen MR) is 101 cm³/mol. The van der Waals surface area contributed by atoms with Gasteiger partial charge >= 0.3 is 11.9 Å². The lowest BCUT2D eigenvalue weighted by Gasteiger charge is -2.40. The molecular formula is C21H30O7. The normalized spacial score (nSPS) is 35.8. The molecule has 0 aromatic heterocycles. The minimum Gasteiger partial charge on any atom is -0.458 e. The summed E-state index contributed by atoms with van der Waals surface area (Å²) in [7, 11) is 0. The molecule has 1 heterocycles. The summed E-state index contributed by atoms with van der Waals surface area (Å²) in [5.41, 5.74) is -0.958. The summed E-state index contributed by atoms with van der Waals surface area (Å²) < 4.78 is 16.9. The van der Waals surface area contributed by atoms with Crippen molar-refractivity contribution in [2.24, 2.45) is 11.8 Å². The Morgan fingerprint density at radius 2 is 2.07 bits per heavy atom. The van der Waals surface area contributed by atoms with Gasteiger partial charge in [0, 0.05) is 31.9 Å². The van der Waals surface area contributed by atoms with Crippen molar-refractivity contribution in [2.45, 2.75) is 71.4 Å². The minimum absolute atomic E-state index is 0.0280. The summed E-state index contributed by atoms with van der Waals surface area (Å²) in [5.74, 6) is -2.22. The van der Waals surface area contributed by atoms with E-state index < -0.39 is 47.6 Å². The van der Waals surface area contributed by atoms with E-state index in [2.05, 4.69) is 6.58 Å². The first-order valence-electron chi connectivity index (χ1n) is 9.55. The van der Waals surface area contributed by atoms with Gasteiger partial charge in [0.05, 0.1) is 5.92 Å². The number of esters is 2. The zero-order chi connectivity index (χ0) is 21.2. The maximum Gasteiger partial charge on any atom is 0.334 e. The molecule has 1 aliphatic carbocycles. The number of Topliss-reactive ketones (excluding diaryl/α,β-unsaturated/α-hetero) is 1. The first-order chi connectivity index (χ1) is 12.9. The van der Waals surface area contributed by atoms with E-state index in [1.54, 1.807) is 6.08 Å². The topological polar surface area (TPSA) is 99.1 Å². The molecule has 0 radical (unpaired) electrons. The van der Waals surface area contributed by atoms with Gasteiger partial charge in [-0.25, -0.2) is 4.79 Å². The second-order valence-corrected chi connectivity index (χ2v) is 8.25. The second-order valence-electron chi connectivity index (χ2n) is 8.25. The van der Waals surface area contributed by atoms with Crippen LogP contribution in [0.2, 0.25) is 0 Å². The molecule has 0 amide bonds. The molecule has 1 fully saturated rings. The molecular weight excluding hydrogens is 364 g/mol. The van der Waals surface area contributed by atoms with Gasteiger partial charge in [0.1, 0.15) is 12.2 Å². The van der Waals surface area contributed by atoms with Crippen molar-refractivity contribution in [3.63, 3.8) is 0 Å². The van der Waals surface area contributed by atoms with E-state index in [4.69, 9.17) is 14.2 Å². The molecule has 1 aliphatic heterocycles. The number of carbonyl (C=O) groups is 3. The molecule has 156 valence electrons. The summed E-state index contributed by atoms with van der Waals surface area (Å²) >= 11 is 0. The van der Waals surface area contributed by atoms with Gasteiger partial charge in [0.15, 0.2) is 17.5 Å². The van der Waals surface area contributed by atoms with Crippen LogP contribution in [0.5, 0.6) is 0 Å². The fourth-order valence-electron chi connectivity index (χ4n) is 3.62. The van der Waals surface area contributed by atoms with Crippen molar-refractivity contribution in [2.75, 3.05) is 6.61 Å². The van der Waals surface area contributed by atoms with E-state index in [0.29, 0.717) is 6.42 Å². The standard InChI is InChI=1S/C21H30O7/c1-11(2)10-26-18-17-13(4)20(24)28-15(17)9-12(3)7-8-16(23)21(6,25)19(18)27-14(5)22/h7,11,15,17-19,25H,4,8-10H2,1-3,5-6H3/b12-7-/t15-,17+,18+,19-,21-/m1/s1. The number of carbonyl (C=O) groups excluding carboxylic acids is 3. The fraction of sp³-hybridized carbons (Fsp3) is 0.667. The van der Waals surface area contributed by atoms with Crippen molar-refractivity contribution >= 4 is 17.7 Å². The molecule has 2 aliphatic rings. The van der Waals surface area contributed by atoms with Crippen LogP contribution in [0.25, 0.3) is 0 Å². The second kappa shape index (κ2) is 8.57. The maximum absolute atomic E-state index is 12.8. The first kappa shape index (κ1) is 22.3. The Morgan fingerprint density at radius 1 is 1.43 bits per heavy atom. The number of ketones is 1. The van der Waals surface area contributed by atoms with Crippen LogP contribution in [0.3, 0.4) is 0 Å². The predicted octanol–water partition coefficient (Wildman–Crippen LogP) is 2.12. The highest BCUT2D eigenvalue weighted by Crippen LogP contribution is 2.40. The van der Waals surface area contributed by atoms with Crippen LogP contribution in [-0.4, -0.2) is 53.3 Å². The monoisotopic (exact) mass is 394 g/mol. The molecule has 0 spiro atoms. The summed E-state index contributed by atoms with van der Waals surface area (Å²) in [6, 6.07) is 0. The van der Waals surface area contributed by atoms with Crippen LogP contribution in [0.1, 0.15) is 47.5 Å². The van der Waals surface area contributed by atoms with Crippen LogP contribution in [-0.2, 0) is 28.6 Å². The molecule has 0 aromatic carbocycles. The van der Waals surface area contributed by atoms with E-state index in [-0.39, 0.29) is 24.5 Å². The molecule has 0 saturated carbocycles. The Hall–Kier alpha value is -1.99. The van der Waals surface area contributed by atoms with Gasteiger partial charge in [-0.3, -0.25) is 9.59 Å². The van der Waals surface area contributed by atoms with Crippen molar-refractivity contribution < 1.29 is 33.7 Å². The van der Waals surface area contributed by atoms with Crippen molar-refractivity contribution in [3.05, 3.63) is 23.8 Å². The molecule has 0 unspecified atom stereocenters. The van der Waals surface area contributed by atoms with Gasteiger partial charge in [-0.2, -0.15) is 0 Å². The zero-order valence-electron chi connectivity index (χ0n) is 17.2. The van der Waals surface area contributed by atoms with E-state index in [1.165, 1.54) is 13.8 Å². The summed E-state index contributed by atoms with van der Waals surface area (Å²) in [6.45, 7) is 12.4. The molecule has 7 heteroatoms. The van der Waals surface area contributed by atoms with Crippen LogP contribution in [0.4, 0.5) is 0 Å². The van der Waals surface area contributed by atoms with Crippen LogP contribution < -0.4 is 0 Å². The van der Waals surface area contributed by atoms with Crippen molar-refractivity contribution in [3.8, 4) is 0 Å². The van der Waals surface area contributed by atoms with Crippen molar-refractivity contribution in [1.82, 2.24) is 0 Å². The van der Waals surface area contributed by atoms with Crippen LogP contribution >= 0.6 is 0 Å². The van der Waals surface area contributed by atoms with E-state index in [9.17, 15) is 19.5 Å². The van der Waals surface area contributed by atoms with Gasteiger partial charge in [-0.1, -0.05) is 32.1 Å². The Bertz CT molecular complexity index is 689. The van der Waals surface area contributed by atoms with E-state index >= 15 is 0 Å². The minimum atomic E-state index is -2.00. The maximum atomic E-state index is 12.8. The summed E-state index contributed by atoms with van der Waals surface area (Å²) in [6.07, 6.45) is -0.764. The highest BCUT2D eigenvalue weighted by Gasteiger charge is 2.54. The van der Waals surface area contributed by atoms with E-state index in [1.807, 2.05) is 20.8 Å². The summed E-state index contributed by atoms with van der Waals surface area (Å²) in [4.78, 5) is 36.8. The number of fused-ring (bicyclic) bond motifs is 1. The molecule has 1 saturated heterocycles. The number of hydrogen-bond acceptors (Lipinski definition) is 7. The molecule has 5 atom stereocenters. The van der Waals surface area contributed by atoms with Gasteiger partial charge in [0.2, 0.25) is 0 Å². The van der Waals surface area contributed by atoms with Gasteiger partial charge in [0.25, 0.3) is 0 Å². The number of rotatable bonds is 4. The highest BCUT2D eigenvalue weighted by atomic mass is 16.6. The molecule has 0 aromatic rings. The van der Waals surface area contributed by atoms with Gasteiger partial charge < -0.3 is 19.3 Å². The molecule has 1 N–H and O–H groups in total. The third kappa shape index (κ3) is 4.70. The highest BCUT2D eigenvalue weighted by molar-refractivity contribution is 5.92. The molecule has 28 heavy (non-hydrogen) atoms. The number of ether oxygens (including phenoxy) is 3. The molecule has 0 bridgehead atoms. The zero-order valence-corrected chi connectivity index (χ0v) is 17.2. The van der Waals surface area contributed by atoms with Crippen LogP contribution in [0, 0.1) is 11.8 Å². The van der Waals surface area contributed by atoms with Gasteiger partial charge in [-0.05, 0) is 19.8 Å². The van der Waals surface area contributed by atoms with Crippen molar-refractivity contribution in [1.29, 1.82) is 0 Å². The molecule has 7 nitrogen and oxygen atoms in total. The largest absolute Gasteiger partial charge is 0.458 e. The number of hydrogen-bond donors (Lipinski definition) is 1. The average Bonchev–Trinajstić information content (AvgIpc) is 2.85. The Morgan fingerprint density at radius 3 is 2.64 bits per heavy atom. The molecule has 2 rings (SSSR count). The quantitative estimate of drug-likeness (QED) is 0.443. The lowest BCUT2D eigenvalue weighted by Crippen LogP contribution is -2.58. The third-order valence-electron chi connectivity index (χ3n) is 5.17. The third-order valence-corrected chi connectivity index (χ3v) is 5.17. The number of aliphatic hydroxyl groups is 1. The Kier molecular flexibility index (Phi) is 6.83. The SMILES string of the molecule is C=C1C(=O)O[C@@H]2C/C(C)=C\CC(=O)[C@@](C)(O)[C@H](OC(C)=O)[C@@H](OCC(C)C)[C@@H]12. The van der Waals surface area contributed by atoms with E-state index in [0.717, 1.165) is 5.57 Å². The lowest BCUT2D eigenvalue weighted by atomic mass is 9.77. The summed E-state index contributed by atoms with van der Waals surface area (Å²) in [5, 5.41) is 11.1. The lowest BCUT2D eigenvalue weighted by molar-refractivity contribution is -0.194. The fourth-order valence-corrected chi connectivity index (χ4v) is 3.62.